The lowest BCUT2D eigenvalue weighted by Gasteiger charge is -2.43. The Balaban J connectivity index is 1.77. The van der Waals surface area contributed by atoms with Gasteiger partial charge in [-0.1, -0.05) is 0 Å². The van der Waals surface area contributed by atoms with E-state index in [2.05, 4.69) is 0 Å². The summed E-state index contributed by atoms with van der Waals surface area (Å²) >= 11 is 1.51. The van der Waals surface area contributed by atoms with Crippen molar-refractivity contribution >= 4 is 17.2 Å². The van der Waals surface area contributed by atoms with E-state index in [0.717, 1.165) is 16.9 Å². The van der Waals surface area contributed by atoms with Crippen LogP contribution in [0.4, 0.5) is 0 Å². The summed E-state index contributed by atoms with van der Waals surface area (Å²) in [7, 11) is 0. The van der Waals surface area contributed by atoms with Crippen LogP contribution < -0.4 is 0 Å². The molecule has 2 aliphatic rings. The van der Waals surface area contributed by atoms with Crippen LogP contribution in [-0.2, 0) is 14.2 Å². The zero-order chi connectivity index (χ0) is 15.6. The van der Waals surface area contributed by atoms with E-state index in [1.807, 2.05) is 30.2 Å². The molecule has 1 aromatic heterocycles. The molecule has 0 aliphatic carbocycles. The van der Waals surface area contributed by atoms with Gasteiger partial charge in [0.1, 0.15) is 0 Å². The number of aryl methyl sites for hydroxylation is 1. The molecule has 22 heavy (non-hydrogen) atoms. The molecule has 0 N–H and O–H groups in total. The standard InChI is InChI=1S/C16H23NO4S/c1-3-19-9-13-8-16(11-21-13)10-20-6-5-17(16)15(18)14-12(2)4-7-22-14/h4,7,13H,3,5-6,8-11H2,1-2H3/t13-,16+/m0/s1. The van der Waals surface area contributed by atoms with Crippen molar-refractivity contribution in [1.82, 2.24) is 4.90 Å². The van der Waals surface area contributed by atoms with E-state index in [9.17, 15) is 4.79 Å². The van der Waals surface area contributed by atoms with Crippen molar-refractivity contribution in [2.24, 2.45) is 0 Å². The third-order valence-electron chi connectivity index (χ3n) is 4.41. The number of rotatable bonds is 4. The van der Waals surface area contributed by atoms with E-state index in [4.69, 9.17) is 14.2 Å². The summed E-state index contributed by atoms with van der Waals surface area (Å²) in [6.45, 7) is 7.52. The molecule has 0 aromatic carbocycles. The Hall–Kier alpha value is -0.950. The highest BCUT2D eigenvalue weighted by atomic mass is 32.1. The van der Waals surface area contributed by atoms with E-state index in [1.165, 1.54) is 11.3 Å². The molecular weight excluding hydrogens is 302 g/mol. The highest BCUT2D eigenvalue weighted by Crippen LogP contribution is 2.35. The molecule has 2 saturated heterocycles. The Morgan fingerprint density at radius 3 is 3.14 bits per heavy atom. The molecule has 1 spiro atoms. The van der Waals surface area contributed by atoms with Gasteiger partial charge in [0.05, 0.1) is 42.9 Å². The smallest absolute Gasteiger partial charge is 0.264 e. The van der Waals surface area contributed by atoms with Crippen LogP contribution in [0.25, 0.3) is 0 Å². The summed E-state index contributed by atoms with van der Waals surface area (Å²) in [6.07, 6.45) is 0.824. The summed E-state index contributed by atoms with van der Waals surface area (Å²) < 4.78 is 17.0. The molecule has 122 valence electrons. The summed E-state index contributed by atoms with van der Waals surface area (Å²) in [5, 5.41) is 1.97. The number of thiophene rings is 1. The molecule has 0 radical (unpaired) electrons. The summed E-state index contributed by atoms with van der Waals surface area (Å²) in [5.74, 6) is 0.108. The van der Waals surface area contributed by atoms with E-state index in [1.54, 1.807) is 0 Å². The average Bonchev–Trinajstić information content (AvgIpc) is 3.12. The fourth-order valence-corrected chi connectivity index (χ4v) is 4.10. The Bertz CT molecular complexity index is 532. The summed E-state index contributed by atoms with van der Waals surface area (Å²) in [6, 6.07) is 1.99. The molecule has 5 nitrogen and oxygen atoms in total. The third-order valence-corrected chi connectivity index (χ3v) is 5.41. The van der Waals surface area contributed by atoms with Gasteiger partial charge in [-0.15, -0.1) is 11.3 Å². The molecule has 6 heteroatoms. The normalized spacial score (nSPS) is 28.5. The van der Waals surface area contributed by atoms with Crippen molar-refractivity contribution in [1.29, 1.82) is 0 Å². The van der Waals surface area contributed by atoms with E-state index in [-0.39, 0.29) is 17.6 Å². The lowest BCUT2D eigenvalue weighted by molar-refractivity contribution is -0.0557. The van der Waals surface area contributed by atoms with Crippen LogP contribution in [0, 0.1) is 6.92 Å². The number of carbonyl (C=O) groups is 1. The SMILES string of the molecule is CCOC[C@@H]1C[C@@]2(COCCN2C(=O)c2sccc2C)CO1. The maximum atomic E-state index is 13.0. The predicted molar refractivity (Wildman–Crippen MR) is 84.5 cm³/mol. The minimum atomic E-state index is -0.340. The lowest BCUT2D eigenvalue weighted by Crippen LogP contribution is -2.59. The molecular formula is C16H23NO4S. The zero-order valence-corrected chi connectivity index (χ0v) is 14.0. The molecule has 2 atom stereocenters. The maximum Gasteiger partial charge on any atom is 0.264 e. The van der Waals surface area contributed by atoms with Crippen molar-refractivity contribution < 1.29 is 19.0 Å². The van der Waals surface area contributed by atoms with Gasteiger partial charge < -0.3 is 19.1 Å². The highest BCUT2D eigenvalue weighted by molar-refractivity contribution is 7.12. The molecule has 1 amide bonds. The number of hydrogen-bond acceptors (Lipinski definition) is 5. The van der Waals surface area contributed by atoms with Crippen LogP contribution >= 0.6 is 11.3 Å². The van der Waals surface area contributed by atoms with Crippen LogP contribution in [0.15, 0.2) is 11.4 Å². The van der Waals surface area contributed by atoms with Crippen molar-refractivity contribution in [2.45, 2.75) is 31.9 Å². The Labute approximate surface area is 135 Å². The van der Waals surface area contributed by atoms with Gasteiger partial charge in [0.25, 0.3) is 5.91 Å². The number of hydrogen-bond donors (Lipinski definition) is 0. The number of morpholine rings is 1. The van der Waals surface area contributed by atoms with Gasteiger partial charge in [-0.3, -0.25) is 4.79 Å². The van der Waals surface area contributed by atoms with Crippen molar-refractivity contribution in [3.05, 3.63) is 21.9 Å². The Morgan fingerprint density at radius 2 is 2.41 bits per heavy atom. The average molecular weight is 325 g/mol. The first-order valence-corrected chi connectivity index (χ1v) is 8.67. The van der Waals surface area contributed by atoms with Gasteiger partial charge in [0.2, 0.25) is 0 Å². The quantitative estimate of drug-likeness (QED) is 0.850. The molecule has 1 aromatic rings. The Kier molecular flexibility index (Phi) is 4.82. The lowest BCUT2D eigenvalue weighted by atomic mass is 9.93. The first-order valence-electron chi connectivity index (χ1n) is 7.79. The molecule has 2 aliphatic heterocycles. The Morgan fingerprint density at radius 1 is 1.55 bits per heavy atom. The van der Waals surface area contributed by atoms with Crippen molar-refractivity contribution in [3.63, 3.8) is 0 Å². The van der Waals surface area contributed by atoms with Crippen LogP contribution in [0.2, 0.25) is 0 Å². The number of carbonyl (C=O) groups excluding carboxylic acids is 1. The second-order valence-electron chi connectivity index (χ2n) is 5.96. The van der Waals surface area contributed by atoms with Gasteiger partial charge in [0.15, 0.2) is 0 Å². The fraction of sp³-hybridized carbons (Fsp3) is 0.688. The number of ether oxygens (including phenoxy) is 3. The first-order chi connectivity index (χ1) is 10.7. The van der Waals surface area contributed by atoms with Crippen LogP contribution in [0.1, 0.15) is 28.6 Å². The van der Waals surface area contributed by atoms with Crippen molar-refractivity contribution in [3.8, 4) is 0 Å². The molecule has 0 unspecified atom stereocenters. The summed E-state index contributed by atoms with van der Waals surface area (Å²) in [4.78, 5) is 15.8. The van der Waals surface area contributed by atoms with Gasteiger partial charge >= 0.3 is 0 Å². The number of nitrogens with zero attached hydrogens (tertiary/aromatic N) is 1. The van der Waals surface area contributed by atoms with Gasteiger partial charge in [0, 0.05) is 19.6 Å². The third kappa shape index (κ3) is 2.93. The van der Waals surface area contributed by atoms with Gasteiger partial charge in [-0.2, -0.15) is 0 Å². The monoisotopic (exact) mass is 325 g/mol. The number of amides is 1. The van der Waals surface area contributed by atoms with E-state index in [0.29, 0.717) is 39.6 Å². The van der Waals surface area contributed by atoms with Crippen LogP contribution in [0.3, 0.4) is 0 Å². The van der Waals surface area contributed by atoms with Crippen LogP contribution in [-0.4, -0.2) is 62.0 Å². The van der Waals surface area contributed by atoms with E-state index < -0.39 is 0 Å². The topological polar surface area (TPSA) is 48.0 Å². The molecule has 2 fully saturated rings. The van der Waals surface area contributed by atoms with Crippen LogP contribution in [0.5, 0.6) is 0 Å². The second kappa shape index (κ2) is 6.66. The van der Waals surface area contributed by atoms with Gasteiger partial charge in [-0.25, -0.2) is 0 Å². The largest absolute Gasteiger partial charge is 0.379 e. The first kappa shape index (κ1) is 15.9. The fourth-order valence-electron chi connectivity index (χ4n) is 3.22. The zero-order valence-electron chi connectivity index (χ0n) is 13.2. The molecule has 3 heterocycles. The molecule has 0 bridgehead atoms. The second-order valence-corrected chi connectivity index (χ2v) is 6.88. The maximum absolute atomic E-state index is 13.0. The van der Waals surface area contributed by atoms with E-state index >= 15 is 0 Å². The minimum Gasteiger partial charge on any atom is -0.379 e. The van der Waals surface area contributed by atoms with Crippen molar-refractivity contribution in [2.75, 3.05) is 39.6 Å². The van der Waals surface area contributed by atoms with Gasteiger partial charge in [-0.05, 0) is 30.9 Å². The minimum absolute atomic E-state index is 0.0429. The highest BCUT2D eigenvalue weighted by Gasteiger charge is 2.49. The molecule has 3 rings (SSSR count). The molecule has 0 saturated carbocycles. The predicted octanol–water partition coefficient (Wildman–Crippen LogP) is 2.09. The summed E-state index contributed by atoms with van der Waals surface area (Å²) in [5.41, 5.74) is 0.703.